The molecule has 14 heteroatoms. The Morgan fingerprint density at radius 1 is 1.00 bits per heavy atom. The predicted octanol–water partition coefficient (Wildman–Crippen LogP) is 3.79. The van der Waals surface area contributed by atoms with Gasteiger partial charge in [-0.05, 0) is 36.4 Å². The topological polar surface area (TPSA) is 129 Å². The highest BCUT2D eigenvalue weighted by Crippen LogP contribution is 2.33. The van der Waals surface area contributed by atoms with Crippen LogP contribution in [0.4, 0.5) is 23.4 Å². The quantitative estimate of drug-likeness (QED) is 0.328. The Hall–Kier alpha value is -5.27. The molecule has 10 nitrogen and oxygen atoms in total. The zero-order chi connectivity index (χ0) is 27.5. The maximum absolute atomic E-state index is 14.2. The molecule has 0 aliphatic carbocycles. The van der Waals surface area contributed by atoms with Crippen molar-refractivity contribution in [2.45, 2.75) is 12.7 Å². The van der Waals surface area contributed by atoms with Crippen molar-refractivity contribution in [2.24, 2.45) is 0 Å². The number of rotatable bonds is 4. The second-order valence-corrected chi connectivity index (χ2v) is 8.54. The second kappa shape index (κ2) is 8.65. The molecule has 0 saturated heterocycles. The van der Waals surface area contributed by atoms with E-state index in [1.165, 1.54) is 17.1 Å². The number of nitrogens with two attached hydrogens (primary N) is 1. The molecular weight excluding hydrogens is 520 g/mol. The van der Waals surface area contributed by atoms with Gasteiger partial charge >= 0.3 is 6.18 Å². The van der Waals surface area contributed by atoms with Crippen LogP contribution >= 0.6 is 0 Å². The predicted molar refractivity (Wildman–Crippen MR) is 132 cm³/mol. The molecule has 6 aromatic rings. The lowest BCUT2D eigenvalue weighted by Gasteiger charge is -2.14. The summed E-state index contributed by atoms with van der Waals surface area (Å²) in [5, 5.41) is 18.7. The van der Waals surface area contributed by atoms with E-state index >= 15 is 0 Å². The number of nitrogens with zero attached hydrogens (tertiary/aromatic N) is 7. The fraction of sp³-hybridized carbons (Fsp3) is 0.0800. The first kappa shape index (κ1) is 24.1. The number of benzene rings is 2. The Morgan fingerprint density at radius 2 is 1.77 bits per heavy atom. The number of alkyl halides is 3. The van der Waals surface area contributed by atoms with E-state index in [4.69, 9.17) is 5.73 Å². The minimum absolute atomic E-state index is 0.0352. The number of para-hydroxylation sites is 1. The molecule has 39 heavy (non-hydrogen) atoms. The Balaban J connectivity index is 1.60. The number of phenols is 1. The molecule has 0 unspecified atom stereocenters. The van der Waals surface area contributed by atoms with Gasteiger partial charge in [0.25, 0.3) is 5.56 Å². The Kier molecular flexibility index (Phi) is 5.34. The van der Waals surface area contributed by atoms with Crippen molar-refractivity contribution >= 4 is 22.4 Å². The van der Waals surface area contributed by atoms with Crippen LogP contribution in [0.25, 0.3) is 33.5 Å². The number of aromatic nitrogens is 7. The number of fused-ring (bicyclic) bond motifs is 2. The van der Waals surface area contributed by atoms with E-state index < -0.39 is 34.4 Å². The Bertz CT molecular complexity index is 1940. The number of aromatic hydroxyl groups is 1. The average molecular weight is 536 g/mol. The first-order valence-corrected chi connectivity index (χ1v) is 11.3. The SMILES string of the molecule is Nc1ncnc2c1c(-c1ccc(O)c(F)c1)nn2Cc1nn2ccc(C(F)(F)F)c2c(=O)n1-c1ccccc1. The van der Waals surface area contributed by atoms with Gasteiger partial charge in [0.15, 0.2) is 23.0 Å². The first-order chi connectivity index (χ1) is 18.6. The molecule has 0 radical (unpaired) electrons. The fourth-order valence-corrected chi connectivity index (χ4v) is 4.42. The molecular formula is C25H16F4N8O2. The molecule has 3 N–H and O–H groups in total. The normalized spacial score (nSPS) is 12.0. The van der Waals surface area contributed by atoms with Gasteiger partial charge in [-0.3, -0.25) is 9.36 Å². The number of phenolic OH excluding ortho intramolecular Hbond substituents is 1. The van der Waals surface area contributed by atoms with E-state index in [9.17, 15) is 27.5 Å². The van der Waals surface area contributed by atoms with Gasteiger partial charge in [0.05, 0.1) is 16.6 Å². The molecule has 6 rings (SSSR count). The molecule has 0 aliphatic rings. The summed E-state index contributed by atoms with van der Waals surface area (Å²) >= 11 is 0. The molecule has 0 spiro atoms. The van der Waals surface area contributed by atoms with E-state index in [2.05, 4.69) is 20.2 Å². The largest absolute Gasteiger partial charge is 0.505 e. The highest BCUT2D eigenvalue weighted by molar-refractivity contribution is 5.98. The van der Waals surface area contributed by atoms with E-state index in [1.807, 2.05) is 0 Å². The van der Waals surface area contributed by atoms with Gasteiger partial charge in [0, 0.05) is 11.8 Å². The third kappa shape index (κ3) is 3.93. The van der Waals surface area contributed by atoms with Gasteiger partial charge in [0.2, 0.25) is 0 Å². The smallest absolute Gasteiger partial charge is 0.418 e. The van der Waals surface area contributed by atoms with Crippen LogP contribution in [0.3, 0.4) is 0 Å². The van der Waals surface area contributed by atoms with E-state index in [1.54, 1.807) is 30.3 Å². The summed E-state index contributed by atoms with van der Waals surface area (Å²) in [6.07, 6.45) is -2.52. The summed E-state index contributed by atoms with van der Waals surface area (Å²) < 4.78 is 58.5. The summed E-state index contributed by atoms with van der Waals surface area (Å²) in [6.45, 7) is -0.229. The van der Waals surface area contributed by atoms with Crippen LogP contribution in [0.1, 0.15) is 11.4 Å². The molecule has 196 valence electrons. The highest BCUT2D eigenvalue weighted by atomic mass is 19.4. The van der Waals surface area contributed by atoms with Gasteiger partial charge in [-0.25, -0.2) is 23.6 Å². The van der Waals surface area contributed by atoms with Crippen molar-refractivity contribution in [3.63, 3.8) is 0 Å². The van der Waals surface area contributed by atoms with Gasteiger partial charge in [-0.1, -0.05) is 18.2 Å². The van der Waals surface area contributed by atoms with Crippen molar-refractivity contribution < 1.29 is 22.7 Å². The van der Waals surface area contributed by atoms with E-state index in [0.717, 1.165) is 33.5 Å². The molecule has 0 fully saturated rings. The van der Waals surface area contributed by atoms with Gasteiger partial charge < -0.3 is 10.8 Å². The maximum Gasteiger partial charge on any atom is 0.418 e. The average Bonchev–Trinajstić information content (AvgIpc) is 3.50. The lowest BCUT2D eigenvalue weighted by molar-refractivity contribution is -0.136. The first-order valence-electron chi connectivity index (χ1n) is 11.3. The molecule has 0 atom stereocenters. The third-order valence-electron chi connectivity index (χ3n) is 6.14. The van der Waals surface area contributed by atoms with Crippen LogP contribution in [-0.4, -0.2) is 39.0 Å². The third-order valence-corrected chi connectivity index (χ3v) is 6.14. The van der Waals surface area contributed by atoms with E-state index in [0.29, 0.717) is 0 Å². The molecule has 0 amide bonds. The molecule has 2 aromatic carbocycles. The Labute approximate surface area is 215 Å². The van der Waals surface area contributed by atoms with Crippen LogP contribution in [0, 0.1) is 5.82 Å². The molecule has 4 aromatic heterocycles. The monoisotopic (exact) mass is 536 g/mol. The number of hydrogen-bond acceptors (Lipinski definition) is 7. The lowest BCUT2D eigenvalue weighted by atomic mass is 10.1. The van der Waals surface area contributed by atoms with Crippen LogP contribution < -0.4 is 11.3 Å². The highest BCUT2D eigenvalue weighted by Gasteiger charge is 2.36. The van der Waals surface area contributed by atoms with Crippen molar-refractivity contribution in [1.29, 1.82) is 0 Å². The standard InChI is InChI=1S/C25H16F4N8O2/c26-16-10-13(6-7-17(16)38)20-19-22(30)31-12-32-23(19)36(34-20)11-18-33-35-9-8-15(25(27,28)29)21(35)24(39)37(18)14-4-2-1-3-5-14/h1-10,12,38H,11H2,(H2,30,31,32). The van der Waals surface area contributed by atoms with Crippen molar-refractivity contribution in [3.05, 3.63) is 94.7 Å². The number of hydrogen-bond donors (Lipinski definition) is 2. The lowest BCUT2D eigenvalue weighted by Crippen LogP contribution is -2.29. The van der Waals surface area contributed by atoms with Crippen LogP contribution in [0.15, 0.2) is 71.9 Å². The van der Waals surface area contributed by atoms with Crippen LogP contribution in [0.5, 0.6) is 5.75 Å². The summed E-state index contributed by atoms with van der Waals surface area (Å²) in [4.78, 5) is 21.8. The number of nitrogen functional groups attached to an aromatic ring is 1. The summed E-state index contributed by atoms with van der Waals surface area (Å²) in [6, 6.07) is 12.5. The van der Waals surface area contributed by atoms with Gasteiger partial charge in [0.1, 0.15) is 29.9 Å². The molecule has 0 bridgehead atoms. The summed E-state index contributed by atoms with van der Waals surface area (Å²) in [7, 11) is 0. The van der Waals surface area contributed by atoms with Crippen molar-refractivity contribution in [1.82, 2.24) is 33.9 Å². The van der Waals surface area contributed by atoms with Gasteiger partial charge in [-0.2, -0.15) is 23.4 Å². The Morgan fingerprint density at radius 3 is 2.49 bits per heavy atom. The zero-order valence-corrected chi connectivity index (χ0v) is 19.6. The van der Waals surface area contributed by atoms with E-state index in [-0.39, 0.29) is 46.2 Å². The van der Waals surface area contributed by atoms with Crippen molar-refractivity contribution in [2.75, 3.05) is 5.73 Å². The second-order valence-electron chi connectivity index (χ2n) is 8.54. The summed E-state index contributed by atoms with van der Waals surface area (Å²) in [5.74, 6) is -1.36. The van der Waals surface area contributed by atoms with Crippen LogP contribution in [-0.2, 0) is 12.7 Å². The van der Waals surface area contributed by atoms with Gasteiger partial charge in [-0.15, -0.1) is 0 Å². The summed E-state index contributed by atoms with van der Waals surface area (Å²) in [5.41, 5.74) is 4.37. The minimum Gasteiger partial charge on any atom is -0.505 e. The number of anilines is 1. The zero-order valence-electron chi connectivity index (χ0n) is 19.6. The number of halogens is 4. The molecule has 4 heterocycles. The molecule has 0 saturated carbocycles. The maximum atomic E-state index is 14.2. The molecule has 0 aliphatic heterocycles. The van der Waals surface area contributed by atoms with Crippen molar-refractivity contribution in [3.8, 4) is 22.7 Å². The fourth-order valence-electron chi connectivity index (χ4n) is 4.42. The minimum atomic E-state index is -4.77. The van der Waals surface area contributed by atoms with Crippen LogP contribution in [0.2, 0.25) is 0 Å².